The maximum atomic E-state index is 12.9. The Morgan fingerprint density at radius 3 is 1.90 bits per heavy atom. The Kier molecular flexibility index (Phi) is 25.2. The molecule has 1 aliphatic rings. The zero-order valence-electron chi connectivity index (χ0n) is 37.8. The van der Waals surface area contributed by atoms with Gasteiger partial charge in [0.05, 0.1) is 84.3 Å². The van der Waals surface area contributed by atoms with Crippen LogP contribution in [0, 0.1) is 0 Å². The van der Waals surface area contributed by atoms with Crippen molar-refractivity contribution in [1.82, 2.24) is 10.6 Å². The number of ether oxygens (including phenoxy) is 7. The third-order valence-corrected chi connectivity index (χ3v) is 11.4. The van der Waals surface area contributed by atoms with Crippen LogP contribution in [0.25, 0.3) is 11.1 Å². The summed E-state index contributed by atoms with van der Waals surface area (Å²) in [5, 5.41) is 48.4. The number of carboxylic acid groups (broad SMARTS) is 1. The third-order valence-electron chi connectivity index (χ3n) is 10.4. The number of aldehydes is 1. The molecule has 0 radical (unpaired) electrons. The number of aliphatic carboxylic acids is 1. The maximum absolute atomic E-state index is 12.9. The summed E-state index contributed by atoms with van der Waals surface area (Å²) in [6.07, 6.45) is -5.19. The van der Waals surface area contributed by atoms with E-state index in [1.807, 2.05) is 30.3 Å². The second-order valence-electron chi connectivity index (χ2n) is 15.5. The summed E-state index contributed by atoms with van der Waals surface area (Å²) in [5.41, 5.74) is 3.28. The average molecular weight is 957 g/mol. The fraction of sp³-hybridized carbons (Fsp3) is 0.521. The summed E-state index contributed by atoms with van der Waals surface area (Å²) in [5.74, 6) is -3.82. The van der Waals surface area contributed by atoms with Gasteiger partial charge in [-0.05, 0) is 41.9 Å². The van der Waals surface area contributed by atoms with Gasteiger partial charge in [-0.2, -0.15) is 11.8 Å². The van der Waals surface area contributed by atoms with Gasteiger partial charge in [0.1, 0.15) is 18.5 Å². The first-order valence-electron chi connectivity index (χ1n) is 22.3. The van der Waals surface area contributed by atoms with Crippen molar-refractivity contribution in [3.8, 4) is 11.1 Å². The number of ketones is 1. The predicted molar refractivity (Wildman–Crippen MR) is 247 cm³/mol. The van der Waals surface area contributed by atoms with Crippen LogP contribution in [0.3, 0.4) is 0 Å². The lowest BCUT2D eigenvalue weighted by Gasteiger charge is -2.46. The molecule has 1 fully saturated rings. The molecule has 3 aromatic rings. The standard InChI is InChI=1S/C48H64N2O16S/c1-34(52)50-43-41(54)31-48(47(58)59,66-45(43)44(56)42(55)32-49-46(57)39-16-14-37(15-17-39)36-7-3-2-4-8-36)65-19-6-29-67-30-28-64-27-26-63-25-24-62-23-22-61-21-20-60-18-5-9-40(53)38-12-10-35(33-51)11-13-38/h2-4,7-8,10-17,33,41-45,54-56H,5-6,9,18-32H2,1H3,(H,49,57)(H,50,52)(H,58,59)/t41-,42+,43+,44+,45+,48+/m0/s1. The molecule has 0 bridgehead atoms. The molecule has 1 saturated heterocycles. The molecule has 6 N–H and O–H groups in total. The van der Waals surface area contributed by atoms with Crippen LogP contribution < -0.4 is 10.6 Å². The van der Waals surface area contributed by atoms with E-state index in [4.69, 9.17) is 33.2 Å². The topological polar surface area (TPSA) is 255 Å². The average Bonchev–Trinajstić information content (AvgIpc) is 3.33. The fourth-order valence-electron chi connectivity index (χ4n) is 6.86. The first-order chi connectivity index (χ1) is 32.4. The van der Waals surface area contributed by atoms with Gasteiger partial charge in [0.25, 0.3) is 11.7 Å². The number of rotatable bonds is 34. The summed E-state index contributed by atoms with van der Waals surface area (Å²) in [6.45, 7) is 4.80. The number of carbonyl (C=O) groups is 5. The molecule has 67 heavy (non-hydrogen) atoms. The van der Waals surface area contributed by atoms with Crippen molar-refractivity contribution in [3.63, 3.8) is 0 Å². The van der Waals surface area contributed by atoms with Crippen LogP contribution in [0.1, 0.15) is 63.7 Å². The third kappa shape index (κ3) is 19.5. The number of Topliss-reactive ketones (excluding diaryl/α,β-unsaturated/α-hetero) is 1. The van der Waals surface area contributed by atoms with Crippen molar-refractivity contribution in [2.24, 2.45) is 0 Å². The van der Waals surface area contributed by atoms with Crippen LogP contribution in [-0.4, -0.2) is 177 Å². The number of amides is 2. The quantitative estimate of drug-likeness (QED) is 0.0286. The molecular formula is C48H64N2O16S. The number of thioether (sulfide) groups is 1. The molecule has 0 unspecified atom stereocenters. The zero-order valence-corrected chi connectivity index (χ0v) is 38.6. The Morgan fingerprint density at radius 2 is 1.31 bits per heavy atom. The van der Waals surface area contributed by atoms with Crippen molar-refractivity contribution in [1.29, 1.82) is 0 Å². The number of carbonyl (C=O) groups excluding carboxylic acids is 4. The maximum Gasteiger partial charge on any atom is 0.364 e. The normalized spacial score (nSPS) is 19.0. The van der Waals surface area contributed by atoms with E-state index in [9.17, 15) is 44.4 Å². The number of benzene rings is 3. The minimum absolute atomic E-state index is 0.00788. The van der Waals surface area contributed by atoms with Crippen LogP contribution in [0.15, 0.2) is 78.9 Å². The zero-order chi connectivity index (χ0) is 48.3. The summed E-state index contributed by atoms with van der Waals surface area (Å²) in [6, 6.07) is 21.6. The van der Waals surface area contributed by atoms with E-state index in [0.29, 0.717) is 114 Å². The van der Waals surface area contributed by atoms with E-state index in [0.717, 1.165) is 17.4 Å². The van der Waals surface area contributed by atoms with Gasteiger partial charge in [0, 0.05) is 55.4 Å². The number of nitrogens with one attached hydrogen (secondary N) is 2. The lowest BCUT2D eigenvalue weighted by Crippen LogP contribution is -2.68. The minimum atomic E-state index is -2.40. The summed E-state index contributed by atoms with van der Waals surface area (Å²) >= 11 is 1.56. The van der Waals surface area contributed by atoms with Crippen LogP contribution in [0.2, 0.25) is 0 Å². The van der Waals surface area contributed by atoms with E-state index in [1.54, 1.807) is 60.3 Å². The Morgan fingerprint density at radius 1 is 0.746 bits per heavy atom. The van der Waals surface area contributed by atoms with Crippen molar-refractivity contribution >= 4 is 41.6 Å². The SMILES string of the molecule is CC(=O)N[C@H]1[C@H]([C@H](O)[C@H](O)CNC(=O)c2ccc(-c3ccccc3)cc2)O[C@@](OCCCSCCOCCOCCOCCOCCOCCCC(=O)c2ccc(C=O)cc2)(C(=O)O)C[C@@H]1O. The van der Waals surface area contributed by atoms with Gasteiger partial charge in [-0.15, -0.1) is 0 Å². The molecule has 0 saturated carbocycles. The van der Waals surface area contributed by atoms with E-state index in [2.05, 4.69) is 10.6 Å². The number of carboxylic acids is 1. The van der Waals surface area contributed by atoms with Gasteiger partial charge in [-0.1, -0.05) is 66.7 Å². The van der Waals surface area contributed by atoms with Crippen LogP contribution in [0.4, 0.5) is 0 Å². The van der Waals surface area contributed by atoms with E-state index in [1.165, 1.54) is 6.92 Å². The highest BCUT2D eigenvalue weighted by Gasteiger charge is 2.55. The van der Waals surface area contributed by atoms with E-state index >= 15 is 0 Å². The number of aliphatic hydroxyl groups excluding tert-OH is 3. The van der Waals surface area contributed by atoms with Crippen molar-refractivity contribution < 1.29 is 77.6 Å². The fourth-order valence-corrected chi connectivity index (χ4v) is 7.62. The Labute approximate surface area is 394 Å². The molecule has 0 spiro atoms. The van der Waals surface area contributed by atoms with Crippen molar-refractivity contribution in [2.75, 3.05) is 90.7 Å². The lowest BCUT2D eigenvalue weighted by atomic mass is 9.88. The van der Waals surface area contributed by atoms with Crippen molar-refractivity contribution in [2.45, 2.75) is 68.9 Å². The van der Waals surface area contributed by atoms with Gasteiger partial charge in [0.15, 0.2) is 5.78 Å². The monoisotopic (exact) mass is 956 g/mol. The molecule has 368 valence electrons. The smallest absolute Gasteiger partial charge is 0.364 e. The molecular weight excluding hydrogens is 893 g/mol. The van der Waals surface area contributed by atoms with Crippen LogP contribution in [0.5, 0.6) is 0 Å². The first-order valence-corrected chi connectivity index (χ1v) is 23.4. The first kappa shape index (κ1) is 55.0. The molecule has 1 aliphatic heterocycles. The van der Waals surface area contributed by atoms with E-state index < -0.39 is 67.0 Å². The van der Waals surface area contributed by atoms with Crippen LogP contribution >= 0.6 is 11.8 Å². The number of hydrogen-bond donors (Lipinski definition) is 6. The van der Waals surface area contributed by atoms with Gasteiger partial charge >= 0.3 is 5.97 Å². The van der Waals surface area contributed by atoms with Gasteiger partial charge in [-0.25, -0.2) is 4.79 Å². The molecule has 0 aromatic heterocycles. The molecule has 6 atom stereocenters. The van der Waals surface area contributed by atoms with Gasteiger partial charge in [-0.3, -0.25) is 19.2 Å². The molecule has 18 nitrogen and oxygen atoms in total. The largest absolute Gasteiger partial charge is 0.477 e. The Balaban J connectivity index is 1.02. The van der Waals surface area contributed by atoms with E-state index in [-0.39, 0.29) is 12.4 Å². The Bertz CT molecular complexity index is 1930. The molecule has 19 heteroatoms. The number of hydrogen-bond acceptors (Lipinski definition) is 16. The molecule has 2 amide bonds. The summed E-state index contributed by atoms with van der Waals surface area (Å²) in [7, 11) is 0. The lowest BCUT2D eigenvalue weighted by molar-refractivity contribution is -0.310. The molecule has 1 heterocycles. The van der Waals surface area contributed by atoms with Gasteiger partial charge in [0.2, 0.25) is 5.91 Å². The van der Waals surface area contributed by atoms with Gasteiger partial charge < -0.3 is 64.2 Å². The highest BCUT2D eigenvalue weighted by molar-refractivity contribution is 7.99. The number of aliphatic hydroxyl groups is 3. The molecule has 0 aliphatic carbocycles. The predicted octanol–water partition coefficient (Wildman–Crippen LogP) is 2.94. The summed E-state index contributed by atoms with van der Waals surface area (Å²) in [4.78, 5) is 60.4. The second-order valence-corrected chi connectivity index (χ2v) is 16.7. The molecule has 3 aromatic carbocycles. The minimum Gasteiger partial charge on any atom is -0.477 e. The van der Waals surface area contributed by atoms with Crippen LogP contribution in [-0.2, 0) is 42.7 Å². The molecule has 4 rings (SSSR count). The second kappa shape index (κ2) is 30.7. The highest BCUT2D eigenvalue weighted by Crippen LogP contribution is 2.34. The summed E-state index contributed by atoms with van der Waals surface area (Å²) < 4.78 is 39.2. The van der Waals surface area contributed by atoms with Crippen molar-refractivity contribution in [3.05, 3.63) is 95.6 Å². The highest BCUT2D eigenvalue weighted by atomic mass is 32.2. The Hall–Kier alpha value is -4.64.